The molecule has 0 aromatic rings. The van der Waals surface area contributed by atoms with E-state index in [0.29, 0.717) is 18.3 Å². The molecule has 0 radical (unpaired) electrons. The molecule has 1 N–H and O–H groups in total. The second-order valence-electron chi connectivity index (χ2n) is 11.4. The Kier molecular flexibility index (Phi) is 12.6. The summed E-state index contributed by atoms with van der Waals surface area (Å²) < 4.78 is 11.7. The molecule has 200 valence electrons. The predicted molar refractivity (Wildman–Crippen MR) is 145 cm³/mol. The molecule has 1 atom stereocenters. The zero-order chi connectivity index (χ0) is 25.8. The van der Waals surface area contributed by atoms with E-state index < -0.39 is 5.97 Å². The van der Waals surface area contributed by atoms with Crippen LogP contribution in [-0.2, 0) is 14.3 Å². The van der Waals surface area contributed by atoms with Crippen LogP contribution in [0.2, 0.25) is 0 Å². The molecule has 0 spiro atoms. The quantitative estimate of drug-likeness (QED) is 0.0841. The van der Waals surface area contributed by atoms with Gasteiger partial charge in [-0.15, -0.1) is 0 Å². The van der Waals surface area contributed by atoms with Crippen LogP contribution in [0.4, 0.5) is 0 Å². The minimum Gasteiger partial charge on any atom is -0.493 e. The first-order valence-electron chi connectivity index (χ1n) is 14.2. The van der Waals surface area contributed by atoms with E-state index in [1.54, 1.807) is 0 Å². The fraction of sp³-hybridized carbons (Fsp3) is 0.774. The topological polar surface area (TPSA) is 55.8 Å². The second kappa shape index (κ2) is 14.9. The SMILES string of the molecule is C=C(C)C(=C)OCC(CC)(COC(=O)C(=C)CO)C1CCC(C2CCC(CCCCC)CC2)CC1. The normalized spacial score (nSPS) is 26.4. The molecule has 1 unspecified atom stereocenters. The molecule has 2 saturated carbocycles. The molecule has 0 bridgehead atoms. The smallest absolute Gasteiger partial charge is 0.335 e. The van der Waals surface area contributed by atoms with Crippen LogP contribution >= 0.6 is 0 Å². The summed E-state index contributed by atoms with van der Waals surface area (Å²) in [5.74, 6) is 3.19. The van der Waals surface area contributed by atoms with Crippen LogP contribution in [0.3, 0.4) is 0 Å². The molecule has 0 aromatic carbocycles. The van der Waals surface area contributed by atoms with Gasteiger partial charge in [0.25, 0.3) is 0 Å². The van der Waals surface area contributed by atoms with Crippen molar-refractivity contribution in [3.8, 4) is 0 Å². The first-order valence-corrected chi connectivity index (χ1v) is 14.2. The van der Waals surface area contributed by atoms with Crippen molar-refractivity contribution >= 4 is 5.97 Å². The number of allylic oxidation sites excluding steroid dienone is 1. The third-order valence-corrected chi connectivity index (χ3v) is 9.10. The predicted octanol–water partition coefficient (Wildman–Crippen LogP) is 7.77. The summed E-state index contributed by atoms with van der Waals surface area (Å²) >= 11 is 0. The Morgan fingerprint density at radius 3 is 1.97 bits per heavy atom. The Morgan fingerprint density at radius 1 is 0.886 bits per heavy atom. The molecular weight excluding hydrogens is 436 g/mol. The maximum atomic E-state index is 12.3. The molecule has 4 nitrogen and oxygen atoms in total. The summed E-state index contributed by atoms with van der Waals surface area (Å²) in [5.41, 5.74) is 0.636. The lowest BCUT2D eigenvalue weighted by molar-refractivity contribution is -0.147. The zero-order valence-electron chi connectivity index (χ0n) is 22.9. The highest BCUT2D eigenvalue weighted by Gasteiger charge is 2.43. The fourth-order valence-electron chi connectivity index (χ4n) is 6.33. The molecule has 0 aliphatic heterocycles. The van der Waals surface area contributed by atoms with Gasteiger partial charge in [0.15, 0.2) is 0 Å². The number of unbranched alkanes of at least 4 members (excludes halogenated alkanes) is 2. The van der Waals surface area contributed by atoms with Gasteiger partial charge in [-0.25, -0.2) is 4.79 Å². The minimum atomic E-state index is -0.520. The summed E-state index contributed by atoms with van der Waals surface area (Å²) in [4.78, 5) is 12.3. The van der Waals surface area contributed by atoms with Gasteiger partial charge in [0, 0.05) is 5.41 Å². The lowest BCUT2D eigenvalue weighted by atomic mass is 9.62. The minimum absolute atomic E-state index is 0.0938. The van der Waals surface area contributed by atoms with E-state index in [1.165, 1.54) is 64.2 Å². The molecule has 2 aliphatic rings. The summed E-state index contributed by atoms with van der Waals surface area (Å²) in [6.45, 7) is 18.3. The highest BCUT2D eigenvalue weighted by molar-refractivity contribution is 5.87. The summed E-state index contributed by atoms with van der Waals surface area (Å²) in [6, 6.07) is 0. The monoisotopic (exact) mass is 488 g/mol. The molecular formula is C31H52O4. The van der Waals surface area contributed by atoms with Crippen molar-refractivity contribution in [3.63, 3.8) is 0 Å². The second-order valence-corrected chi connectivity index (χ2v) is 11.4. The number of aliphatic hydroxyl groups is 1. The number of ether oxygens (including phenoxy) is 2. The Bertz CT molecular complexity index is 695. The largest absolute Gasteiger partial charge is 0.493 e. The van der Waals surface area contributed by atoms with Gasteiger partial charge in [-0.05, 0) is 81.1 Å². The van der Waals surface area contributed by atoms with Crippen molar-refractivity contribution in [2.45, 2.75) is 104 Å². The van der Waals surface area contributed by atoms with E-state index in [-0.39, 0.29) is 24.2 Å². The first-order chi connectivity index (χ1) is 16.8. The average molecular weight is 489 g/mol. The van der Waals surface area contributed by atoms with Gasteiger partial charge in [0.1, 0.15) is 12.4 Å². The number of aliphatic hydroxyl groups excluding tert-OH is 1. The number of carbonyl (C=O) groups excluding carboxylic acids is 1. The van der Waals surface area contributed by atoms with E-state index in [0.717, 1.165) is 42.6 Å². The van der Waals surface area contributed by atoms with Crippen LogP contribution < -0.4 is 0 Å². The zero-order valence-corrected chi connectivity index (χ0v) is 22.9. The van der Waals surface area contributed by atoms with Gasteiger partial charge in [-0.1, -0.05) is 72.1 Å². The van der Waals surface area contributed by atoms with Crippen LogP contribution in [0, 0.1) is 29.1 Å². The number of carbonyl (C=O) groups is 1. The molecule has 0 amide bonds. The van der Waals surface area contributed by atoms with Crippen molar-refractivity contribution in [2.75, 3.05) is 19.8 Å². The molecule has 2 fully saturated rings. The Hall–Kier alpha value is -1.55. The van der Waals surface area contributed by atoms with Gasteiger partial charge in [0.2, 0.25) is 0 Å². The lowest BCUT2D eigenvalue weighted by Crippen LogP contribution is -2.42. The van der Waals surface area contributed by atoms with Gasteiger partial charge in [-0.2, -0.15) is 0 Å². The van der Waals surface area contributed by atoms with Crippen LogP contribution in [0.1, 0.15) is 104 Å². The molecule has 4 heteroatoms. The molecule has 0 heterocycles. The molecule has 35 heavy (non-hydrogen) atoms. The highest BCUT2D eigenvalue weighted by atomic mass is 16.5. The Labute approximate surface area is 215 Å². The van der Waals surface area contributed by atoms with E-state index >= 15 is 0 Å². The average Bonchev–Trinajstić information content (AvgIpc) is 2.89. The van der Waals surface area contributed by atoms with Gasteiger partial charge in [0.05, 0.1) is 18.8 Å². The van der Waals surface area contributed by atoms with E-state index in [9.17, 15) is 9.90 Å². The molecule has 2 aliphatic carbocycles. The van der Waals surface area contributed by atoms with Crippen LogP contribution in [0.25, 0.3) is 0 Å². The van der Waals surface area contributed by atoms with Crippen LogP contribution in [-0.4, -0.2) is 30.9 Å². The van der Waals surface area contributed by atoms with Crippen molar-refractivity contribution in [1.29, 1.82) is 0 Å². The van der Waals surface area contributed by atoms with Crippen molar-refractivity contribution in [1.82, 2.24) is 0 Å². The van der Waals surface area contributed by atoms with E-state index in [4.69, 9.17) is 9.47 Å². The maximum Gasteiger partial charge on any atom is 0.335 e. The fourth-order valence-corrected chi connectivity index (χ4v) is 6.33. The van der Waals surface area contributed by atoms with Gasteiger partial charge < -0.3 is 14.6 Å². The third-order valence-electron chi connectivity index (χ3n) is 9.10. The third kappa shape index (κ3) is 8.81. The summed E-state index contributed by atoms with van der Waals surface area (Å²) in [5, 5.41) is 9.25. The summed E-state index contributed by atoms with van der Waals surface area (Å²) in [6.07, 6.45) is 16.9. The van der Waals surface area contributed by atoms with Crippen LogP contribution in [0.15, 0.2) is 36.6 Å². The summed E-state index contributed by atoms with van der Waals surface area (Å²) in [7, 11) is 0. The number of hydrogen-bond acceptors (Lipinski definition) is 4. The van der Waals surface area contributed by atoms with Crippen LogP contribution in [0.5, 0.6) is 0 Å². The Morgan fingerprint density at radius 2 is 1.46 bits per heavy atom. The standard InChI is InChI=1S/C31H52O4/c1-7-9-10-11-26-12-14-27(15-13-26)28-16-18-29(19-17-28)31(8-2,21-34-25(6)23(3)4)22-35-30(33)24(5)20-32/h26-29,32H,3,5-22H2,1-2,4H3. The van der Waals surface area contributed by atoms with Crippen molar-refractivity contribution in [2.24, 2.45) is 29.1 Å². The maximum absolute atomic E-state index is 12.3. The molecule has 0 aromatic heterocycles. The first kappa shape index (κ1) is 29.7. The van der Waals surface area contributed by atoms with E-state index in [1.807, 2.05) is 6.92 Å². The van der Waals surface area contributed by atoms with Gasteiger partial charge in [-0.3, -0.25) is 0 Å². The number of esters is 1. The van der Waals surface area contributed by atoms with Gasteiger partial charge >= 0.3 is 5.97 Å². The van der Waals surface area contributed by atoms with Crippen molar-refractivity contribution in [3.05, 3.63) is 36.6 Å². The number of rotatable bonds is 15. The molecule has 0 saturated heterocycles. The van der Waals surface area contributed by atoms with E-state index in [2.05, 4.69) is 33.6 Å². The molecule has 2 rings (SSSR count). The lowest BCUT2D eigenvalue weighted by Gasteiger charge is -2.45. The number of hydrogen-bond donors (Lipinski definition) is 1. The highest BCUT2D eigenvalue weighted by Crippen LogP contribution is 2.48. The Balaban J connectivity index is 1.97. The van der Waals surface area contributed by atoms with Crippen molar-refractivity contribution < 1.29 is 19.4 Å².